The largest absolute Gasteiger partial charge is 0.395 e. The third-order valence-electron chi connectivity index (χ3n) is 3.68. The van der Waals surface area contributed by atoms with Crippen LogP contribution in [0.5, 0.6) is 0 Å². The first-order valence-electron chi connectivity index (χ1n) is 6.48. The lowest BCUT2D eigenvalue weighted by Crippen LogP contribution is -2.23. The smallest absolute Gasteiger partial charge is 0.148 e. The van der Waals surface area contributed by atoms with Gasteiger partial charge >= 0.3 is 0 Å². The molecule has 3 rings (SSSR count). The van der Waals surface area contributed by atoms with Crippen molar-refractivity contribution in [2.24, 2.45) is 0 Å². The fourth-order valence-electron chi connectivity index (χ4n) is 2.76. The molecule has 0 amide bonds. The third kappa shape index (κ3) is 2.14. The maximum absolute atomic E-state index is 13.6. The molecule has 2 aromatic rings. The van der Waals surface area contributed by atoms with Gasteiger partial charge in [0.2, 0.25) is 0 Å². The van der Waals surface area contributed by atoms with Crippen LogP contribution in [0.4, 0.5) is 15.8 Å². The van der Waals surface area contributed by atoms with Crippen LogP contribution in [-0.4, -0.2) is 11.5 Å². The molecule has 1 unspecified atom stereocenters. The first kappa shape index (κ1) is 12.0. The summed E-state index contributed by atoms with van der Waals surface area (Å²) >= 11 is 0. The Bertz CT molecular complexity index is 571. The van der Waals surface area contributed by atoms with Gasteiger partial charge in [0.15, 0.2) is 0 Å². The number of rotatable bonds is 2. The van der Waals surface area contributed by atoms with Gasteiger partial charge in [0.25, 0.3) is 0 Å². The van der Waals surface area contributed by atoms with Gasteiger partial charge in [-0.25, -0.2) is 4.39 Å². The molecule has 1 atom stereocenters. The number of hydrogen-bond acceptors (Lipinski definition) is 3. The van der Waals surface area contributed by atoms with Crippen molar-refractivity contribution in [1.82, 2.24) is 4.98 Å². The molecule has 1 aliphatic rings. The average Bonchev–Trinajstić information content (AvgIpc) is 2.92. The zero-order chi connectivity index (χ0) is 13.2. The van der Waals surface area contributed by atoms with Gasteiger partial charge in [-0.3, -0.25) is 4.98 Å². The minimum Gasteiger partial charge on any atom is -0.395 e. The monoisotopic (exact) mass is 257 g/mol. The van der Waals surface area contributed by atoms with Crippen LogP contribution in [0.25, 0.3) is 0 Å². The molecule has 2 heterocycles. The van der Waals surface area contributed by atoms with E-state index in [1.807, 2.05) is 18.2 Å². The van der Waals surface area contributed by atoms with E-state index in [2.05, 4.69) is 9.88 Å². The molecule has 1 aromatic heterocycles. The average molecular weight is 257 g/mol. The lowest BCUT2D eigenvalue weighted by atomic mass is 10.1. The normalized spacial score (nSPS) is 18.8. The highest BCUT2D eigenvalue weighted by molar-refractivity contribution is 5.69. The molecule has 0 saturated carbocycles. The minimum atomic E-state index is -0.349. The molecule has 1 fully saturated rings. The lowest BCUT2D eigenvalue weighted by molar-refractivity contribution is 0.630. The molecule has 0 bridgehead atoms. The van der Waals surface area contributed by atoms with Crippen LogP contribution in [0.1, 0.15) is 24.4 Å². The van der Waals surface area contributed by atoms with E-state index in [0.29, 0.717) is 0 Å². The minimum absolute atomic E-state index is 0.239. The highest BCUT2D eigenvalue weighted by atomic mass is 19.1. The van der Waals surface area contributed by atoms with E-state index in [-0.39, 0.29) is 17.5 Å². The predicted molar refractivity (Wildman–Crippen MR) is 74.4 cm³/mol. The molecule has 2 N–H and O–H groups in total. The van der Waals surface area contributed by atoms with Crippen molar-refractivity contribution in [3.8, 4) is 0 Å². The molecule has 3 nitrogen and oxygen atoms in total. The van der Waals surface area contributed by atoms with Gasteiger partial charge in [-0.05, 0) is 42.7 Å². The molecule has 0 aliphatic carbocycles. The molecule has 1 aliphatic heterocycles. The molecule has 1 saturated heterocycles. The second-order valence-electron chi connectivity index (χ2n) is 4.80. The standard InChI is InChI=1S/C15H16FN3/c16-12-3-1-4-14(15(12)17)19-10-2-5-13(19)11-6-8-18-9-7-11/h1,3-4,6-9,13H,2,5,10,17H2. The van der Waals surface area contributed by atoms with Crippen molar-refractivity contribution < 1.29 is 4.39 Å². The molecular weight excluding hydrogens is 241 g/mol. The van der Waals surface area contributed by atoms with Crippen molar-refractivity contribution in [2.45, 2.75) is 18.9 Å². The van der Waals surface area contributed by atoms with Crippen molar-refractivity contribution in [2.75, 3.05) is 17.2 Å². The van der Waals surface area contributed by atoms with Gasteiger partial charge < -0.3 is 10.6 Å². The summed E-state index contributed by atoms with van der Waals surface area (Å²) in [5.74, 6) is -0.349. The highest BCUT2D eigenvalue weighted by Crippen LogP contribution is 2.38. The van der Waals surface area contributed by atoms with Crippen molar-refractivity contribution in [1.29, 1.82) is 0 Å². The number of para-hydroxylation sites is 1. The van der Waals surface area contributed by atoms with Gasteiger partial charge in [-0.15, -0.1) is 0 Å². The number of aromatic nitrogens is 1. The predicted octanol–water partition coefficient (Wildman–Crippen LogP) is 3.14. The highest BCUT2D eigenvalue weighted by Gasteiger charge is 2.27. The van der Waals surface area contributed by atoms with Crippen LogP contribution < -0.4 is 10.6 Å². The Balaban J connectivity index is 1.98. The second kappa shape index (κ2) is 4.88. The van der Waals surface area contributed by atoms with E-state index in [9.17, 15) is 4.39 Å². The first-order chi connectivity index (χ1) is 9.27. The Morgan fingerprint density at radius 1 is 1.21 bits per heavy atom. The van der Waals surface area contributed by atoms with E-state index < -0.39 is 0 Å². The van der Waals surface area contributed by atoms with E-state index in [1.54, 1.807) is 18.5 Å². The van der Waals surface area contributed by atoms with Crippen molar-refractivity contribution in [3.05, 3.63) is 54.1 Å². The zero-order valence-corrected chi connectivity index (χ0v) is 10.6. The summed E-state index contributed by atoms with van der Waals surface area (Å²) in [5.41, 5.74) is 8.11. The van der Waals surface area contributed by atoms with Gasteiger partial charge in [-0.2, -0.15) is 0 Å². The molecule has 4 heteroatoms. The van der Waals surface area contributed by atoms with Gasteiger partial charge in [0.1, 0.15) is 5.82 Å². The van der Waals surface area contributed by atoms with E-state index in [1.165, 1.54) is 11.6 Å². The Kier molecular flexibility index (Phi) is 3.07. The maximum Gasteiger partial charge on any atom is 0.148 e. The molecule has 0 spiro atoms. The number of pyridine rings is 1. The Morgan fingerprint density at radius 2 is 2.00 bits per heavy atom. The second-order valence-corrected chi connectivity index (χ2v) is 4.80. The fourth-order valence-corrected chi connectivity index (χ4v) is 2.76. The SMILES string of the molecule is Nc1c(F)cccc1N1CCCC1c1ccncc1. The number of anilines is 2. The van der Waals surface area contributed by atoms with Gasteiger partial charge in [0, 0.05) is 18.9 Å². The van der Waals surface area contributed by atoms with Gasteiger partial charge in [0.05, 0.1) is 17.4 Å². The Labute approximate surface area is 111 Å². The van der Waals surface area contributed by atoms with Crippen LogP contribution in [0.2, 0.25) is 0 Å². The van der Waals surface area contributed by atoms with E-state index in [4.69, 9.17) is 5.73 Å². The lowest BCUT2D eigenvalue weighted by Gasteiger charge is -2.28. The Morgan fingerprint density at radius 3 is 2.79 bits per heavy atom. The zero-order valence-electron chi connectivity index (χ0n) is 10.6. The summed E-state index contributed by atoms with van der Waals surface area (Å²) < 4.78 is 13.6. The number of nitrogens with zero attached hydrogens (tertiary/aromatic N) is 2. The third-order valence-corrected chi connectivity index (χ3v) is 3.68. The molecule has 98 valence electrons. The van der Waals surface area contributed by atoms with Crippen LogP contribution in [-0.2, 0) is 0 Å². The van der Waals surface area contributed by atoms with E-state index >= 15 is 0 Å². The summed E-state index contributed by atoms with van der Waals surface area (Å²) in [6, 6.07) is 9.28. The summed E-state index contributed by atoms with van der Waals surface area (Å²) in [4.78, 5) is 6.23. The van der Waals surface area contributed by atoms with Crippen LogP contribution in [0, 0.1) is 5.82 Å². The molecule has 1 aromatic carbocycles. The topological polar surface area (TPSA) is 42.1 Å². The quantitative estimate of drug-likeness (QED) is 0.840. The number of benzene rings is 1. The molecular formula is C15H16FN3. The fraction of sp³-hybridized carbons (Fsp3) is 0.267. The van der Waals surface area contributed by atoms with Crippen LogP contribution >= 0.6 is 0 Å². The molecule has 0 radical (unpaired) electrons. The van der Waals surface area contributed by atoms with Gasteiger partial charge in [-0.1, -0.05) is 6.07 Å². The van der Waals surface area contributed by atoms with Crippen molar-refractivity contribution >= 4 is 11.4 Å². The number of nitrogen functional groups attached to an aromatic ring is 1. The first-order valence-corrected chi connectivity index (χ1v) is 6.48. The maximum atomic E-state index is 13.6. The van der Waals surface area contributed by atoms with Crippen molar-refractivity contribution in [3.63, 3.8) is 0 Å². The number of nitrogens with two attached hydrogens (primary N) is 1. The number of hydrogen-bond donors (Lipinski definition) is 1. The van der Waals surface area contributed by atoms with Crippen LogP contribution in [0.3, 0.4) is 0 Å². The summed E-state index contributed by atoms with van der Waals surface area (Å²) in [6.07, 6.45) is 5.73. The van der Waals surface area contributed by atoms with E-state index in [0.717, 1.165) is 25.1 Å². The number of halogens is 1. The summed E-state index contributed by atoms with van der Waals surface area (Å²) in [6.45, 7) is 0.903. The summed E-state index contributed by atoms with van der Waals surface area (Å²) in [7, 11) is 0. The molecule has 19 heavy (non-hydrogen) atoms. The Hall–Kier alpha value is -2.10. The summed E-state index contributed by atoms with van der Waals surface area (Å²) in [5, 5.41) is 0. The van der Waals surface area contributed by atoms with Crippen LogP contribution in [0.15, 0.2) is 42.7 Å².